The number of aryl methyl sites for hydroxylation is 1. The topological polar surface area (TPSA) is 64.0 Å². The van der Waals surface area contributed by atoms with Crippen LogP contribution in [0.2, 0.25) is 0 Å². The Morgan fingerprint density at radius 2 is 1.97 bits per heavy atom. The molecule has 2 aromatic carbocycles. The first kappa shape index (κ1) is 21.1. The third-order valence-corrected chi connectivity index (χ3v) is 7.06. The number of nitrogens with one attached hydrogen (secondary N) is 1. The lowest BCUT2D eigenvalue weighted by atomic mass is 9.95. The van der Waals surface area contributed by atoms with Crippen molar-refractivity contribution in [2.24, 2.45) is 0 Å². The monoisotopic (exact) mass is 485 g/mol. The molecule has 4 rings (SSSR count). The molecular weight excluding hydrogens is 462 g/mol. The highest BCUT2D eigenvalue weighted by Gasteiger charge is 2.22. The van der Waals surface area contributed by atoms with Crippen LogP contribution in [0.4, 0.5) is 5.69 Å². The molecule has 0 unspecified atom stereocenters. The van der Waals surface area contributed by atoms with E-state index in [1.54, 1.807) is 0 Å². The zero-order valence-corrected chi connectivity index (χ0v) is 19.3. The van der Waals surface area contributed by atoms with Gasteiger partial charge in [-0.1, -0.05) is 49.2 Å². The number of para-hydroxylation sites is 1. The standard InChI is InChI=1S/C23H24BrN3O2S/c1-15-11-12-20(18(24)13-15)25-21(28)14-30-23-26-19-10-6-5-9-17(19)22(29)27(23)16-7-3-2-4-8-16/h5-6,9-13,16H,2-4,7-8,14H2,1H3,(H,25,28). The van der Waals surface area contributed by atoms with Crippen LogP contribution in [0.5, 0.6) is 0 Å². The number of nitrogens with zero attached hydrogens (tertiary/aromatic N) is 2. The van der Waals surface area contributed by atoms with Crippen molar-refractivity contribution < 1.29 is 4.79 Å². The first-order valence-corrected chi connectivity index (χ1v) is 12.0. The molecule has 0 atom stereocenters. The highest BCUT2D eigenvalue weighted by atomic mass is 79.9. The molecule has 1 heterocycles. The van der Waals surface area contributed by atoms with Crippen LogP contribution in [0.1, 0.15) is 43.7 Å². The quantitative estimate of drug-likeness (QED) is 0.371. The molecule has 1 amide bonds. The summed E-state index contributed by atoms with van der Waals surface area (Å²) in [6.07, 6.45) is 5.42. The predicted molar refractivity (Wildman–Crippen MR) is 126 cm³/mol. The number of carbonyl (C=O) groups is 1. The maximum absolute atomic E-state index is 13.3. The Morgan fingerprint density at radius 3 is 2.73 bits per heavy atom. The zero-order valence-electron chi connectivity index (χ0n) is 16.9. The van der Waals surface area contributed by atoms with Crippen molar-refractivity contribution in [2.75, 3.05) is 11.1 Å². The van der Waals surface area contributed by atoms with Crippen LogP contribution in [0.25, 0.3) is 10.9 Å². The minimum atomic E-state index is -0.123. The lowest BCUT2D eigenvalue weighted by Crippen LogP contribution is -2.29. The average molecular weight is 486 g/mol. The summed E-state index contributed by atoms with van der Waals surface area (Å²) >= 11 is 4.82. The number of benzene rings is 2. The van der Waals surface area contributed by atoms with Crippen molar-refractivity contribution in [2.45, 2.75) is 50.2 Å². The summed E-state index contributed by atoms with van der Waals surface area (Å²) in [5, 5.41) is 4.20. The predicted octanol–water partition coefficient (Wildman–Crippen LogP) is 5.70. The normalized spacial score (nSPS) is 14.7. The van der Waals surface area contributed by atoms with E-state index in [0.717, 1.165) is 41.4 Å². The first-order valence-electron chi connectivity index (χ1n) is 10.2. The Kier molecular flexibility index (Phi) is 6.58. The fourth-order valence-electron chi connectivity index (χ4n) is 3.93. The van der Waals surface area contributed by atoms with Gasteiger partial charge in [0.25, 0.3) is 5.56 Å². The molecule has 7 heteroatoms. The van der Waals surface area contributed by atoms with E-state index in [1.165, 1.54) is 18.2 Å². The minimum Gasteiger partial charge on any atom is -0.324 e. The van der Waals surface area contributed by atoms with Crippen LogP contribution in [0, 0.1) is 6.92 Å². The molecule has 1 aromatic heterocycles. The zero-order chi connectivity index (χ0) is 21.1. The molecule has 1 aliphatic carbocycles. The largest absolute Gasteiger partial charge is 0.324 e. The molecule has 0 bridgehead atoms. The fraction of sp³-hybridized carbons (Fsp3) is 0.348. The van der Waals surface area contributed by atoms with Gasteiger partial charge in [0.05, 0.1) is 22.3 Å². The number of thioether (sulfide) groups is 1. The number of hydrogen-bond donors (Lipinski definition) is 1. The van der Waals surface area contributed by atoms with Crippen molar-refractivity contribution in [1.82, 2.24) is 9.55 Å². The number of aromatic nitrogens is 2. The van der Waals surface area contributed by atoms with Crippen molar-refractivity contribution in [1.29, 1.82) is 0 Å². The van der Waals surface area contributed by atoms with E-state index in [2.05, 4.69) is 21.2 Å². The van der Waals surface area contributed by atoms with Gasteiger partial charge in [-0.2, -0.15) is 0 Å². The van der Waals surface area contributed by atoms with E-state index in [1.807, 2.05) is 54.0 Å². The smallest absolute Gasteiger partial charge is 0.262 e. The number of halogens is 1. The number of rotatable bonds is 5. The van der Waals surface area contributed by atoms with Gasteiger partial charge in [0.15, 0.2) is 5.16 Å². The molecule has 1 fully saturated rings. The molecule has 3 aromatic rings. The molecule has 0 aliphatic heterocycles. The third kappa shape index (κ3) is 4.62. The van der Waals surface area contributed by atoms with E-state index < -0.39 is 0 Å². The Labute approximate surface area is 188 Å². The van der Waals surface area contributed by atoms with Gasteiger partial charge in [0.2, 0.25) is 5.91 Å². The number of fused-ring (bicyclic) bond motifs is 1. The van der Waals surface area contributed by atoms with Gasteiger partial charge in [0.1, 0.15) is 0 Å². The molecule has 30 heavy (non-hydrogen) atoms. The van der Waals surface area contributed by atoms with Gasteiger partial charge >= 0.3 is 0 Å². The van der Waals surface area contributed by atoms with Gasteiger partial charge in [-0.15, -0.1) is 0 Å². The van der Waals surface area contributed by atoms with E-state index in [4.69, 9.17) is 4.98 Å². The van der Waals surface area contributed by atoms with Crippen molar-refractivity contribution in [3.63, 3.8) is 0 Å². The lowest BCUT2D eigenvalue weighted by Gasteiger charge is -2.26. The van der Waals surface area contributed by atoms with Crippen LogP contribution >= 0.6 is 27.7 Å². The number of amides is 1. The van der Waals surface area contributed by atoms with E-state index in [9.17, 15) is 9.59 Å². The second-order valence-corrected chi connectivity index (χ2v) is 9.50. The molecule has 0 saturated heterocycles. The first-order chi connectivity index (χ1) is 14.5. The molecule has 0 radical (unpaired) electrons. The summed E-state index contributed by atoms with van der Waals surface area (Å²) in [5.74, 6) is 0.0693. The van der Waals surface area contributed by atoms with E-state index >= 15 is 0 Å². The highest BCUT2D eigenvalue weighted by Crippen LogP contribution is 2.31. The van der Waals surface area contributed by atoms with Crippen LogP contribution in [0.3, 0.4) is 0 Å². The van der Waals surface area contributed by atoms with E-state index in [-0.39, 0.29) is 23.3 Å². The number of carbonyl (C=O) groups excluding carboxylic acids is 1. The molecule has 1 saturated carbocycles. The van der Waals surface area contributed by atoms with Crippen LogP contribution in [0.15, 0.2) is 56.9 Å². The van der Waals surface area contributed by atoms with Gasteiger partial charge in [-0.25, -0.2) is 4.98 Å². The summed E-state index contributed by atoms with van der Waals surface area (Å²) in [6.45, 7) is 2.00. The maximum Gasteiger partial charge on any atom is 0.262 e. The maximum atomic E-state index is 13.3. The summed E-state index contributed by atoms with van der Waals surface area (Å²) in [5.41, 5.74) is 2.53. The summed E-state index contributed by atoms with van der Waals surface area (Å²) < 4.78 is 2.69. The van der Waals surface area contributed by atoms with Crippen molar-refractivity contribution >= 4 is 50.2 Å². The Hall–Kier alpha value is -2.12. The molecular formula is C23H24BrN3O2S. The lowest BCUT2D eigenvalue weighted by molar-refractivity contribution is -0.113. The SMILES string of the molecule is Cc1ccc(NC(=O)CSc2nc3ccccc3c(=O)n2C2CCCCC2)c(Br)c1. The molecule has 1 aliphatic rings. The summed E-state index contributed by atoms with van der Waals surface area (Å²) in [4.78, 5) is 30.6. The van der Waals surface area contributed by atoms with Gasteiger partial charge in [0, 0.05) is 10.5 Å². The van der Waals surface area contributed by atoms with E-state index in [0.29, 0.717) is 16.1 Å². The van der Waals surface area contributed by atoms with Gasteiger partial charge in [-0.3, -0.25) is 14.2 Å². The van der Waals surface area contributed by atoms with Crippen LogP contribution < -0.4 is 10.9 Å². The molecule has 1 N–H and O–H groups in total. The van der Waals surface area contributed by atoms with Crippen LogP contribution in [-0.4, -0.2) is 21.2 Å². The Bertz CT molecular complexity index is 1140. The van der Waals surface area contributed by atoms with Crippen molar-refractivity contribution in [3.05, 3.63) is 62.9 Å². The summed E-state index contributed by atoms with van der Waals surface area (Å²) in [7, 11) is 0. The number of anilines is 1. The molecule has 0 spiro atoms. The number of hydrogen-bond acceptors (Lipinski definition) is 4. The van der Waals surface area contributed by atoms with Gasteiger partial charge < -0.3 is 5.32 Å². The molecule has 156 valence electrons. The minimum absolute atomic E-state index is 0.00307. The second kappa shape index (κ2) is 9.35. The average Bonchev–Trinajstić information content (AvgIpc) is 2.75. The fourth-order valence-corrected chi connectivity index (χ4v) is 5.39. The Morgan fingerprint density at radius 1 is 1.20 bits per heavy atom. The highest BCUT2D eigenvalue weighted by molar-refractivity contribution is 9.10. The van der Waals surface area contributed by atoms with Crippen molar-refractivity contribution in [3.8, 4) is 0 Å². The molecule has 5 nitrogen and oxygen atoms in total. The van der Waals surface area contributed by atoms with Gasteiger partial charge in [-0.05, 0) is 65.5 Å². The third-order valence-electron chi connectivity index (χ3n) is 5.45. The second-order valence-electron chi connectivity index (χ2n) is 7.70. The Balaban J connectivity index is 1.59. The summed E-state index contributed by atoms with van der Waals surface area (Å²) in [6, 6.07) is 13.4. The van der Waals surface area contributed by atoms with Crippen LogP contribution in [-0.2, 0) is 4.79 Å².